The molecule has 0 spiro atoms. The number of aromatic nitrogens is 1. The smallest absolute Gasteiger partial charge is 0.338 e. The fourth-order valence-electron chi connectivity index (χ4n) is 2.65. The summed E-state index contributed by atoms with van der Waals surface area (Å²) in [6.07, 6.45) is 3.42. The van der Waals surface area contributed by atoms with E-state index in [0.717, 1.165) is 11.1 Å². The molecule has 0 aliphatic carbocycles. The molecule has 0 radical (unpaired) electrons. The largest absolute Gasteiger partial charge is 0.462 e. The van der Waals surface area contributed by atoms with Crippen molar-refractivity contribution in [3.8, 4) is 11.1 Å². The molecule has 1 heterocycles. The average Bonchev–Trinajstić information content (AvgIpc) is 2.69. The third-order valence-corrected chi connectivity index (χ3v) is 4.04. The summed E-state index contributed by atoms with van der Waals surface area (Å²) in [5.41, 5.74) is 3.33. The standard InChI is InChI=1S/C22H20NO3.BrH.H2O/c1-2-26-22(25)20-12-14-23(15-13-20)16-21(24)19-10-8-18(9-11-19)17-6-4-3-5-7-17;;/h3-15H,2,16H2,1H3;1H;1H2/q+1;;. The zero-order valence-corrected chi connectivity index (χ0v) is 17.2. The maximum atomic E-state index is 12.5. The molecule has 3 aromatic rings. The van der Waals surface area contributed by atoms with Gasteiger partial charge in [0.05, 0.1) is 12.2 Å². The van der Waals surface area contributed by atoms with Gasteiger partial charge in [-0.2, -0.15) is 4.57 Å². The minimum atomic E-state index is -0.359. The molecule has 1 aromatic heterocycles. The molecular weight excluding hydrogens is 422 g/mol. The first-order chi connectivity index (χ1) is 12.7. The SMILES string of the molecule is Br.CCOC(=O)c1cc[n+](CC(=O)c2ccc(-c3ccccc3)cc2)cc1.O. The number of Topliss-reactive ketones (excluding diaryl/α,β-unsaturated/α-hetero) is 1. The summed E-state index contributed by atoms with van der Waals surface area (Å²) in [5, 5.41) is 0. The van der Waals surface area contributed by atoms with Gasteiger partial charge in [-0.3, -0.25) is 4.79 Å². The van der Waals surface area contributed by atoms with E-state index in [-0.39, 0.29) is 40.8 Å². The molecule has 2 aromatic carbocycles. The molecule has 28 heavy (non-hydrogen) atoms. The first-order valence-corrected chi connectivity index (χ1v) is 8.52. The van der Waals surface area contributed by atoms with E-state index in [1.807, 2.05) is 54.6 Å². The van der Waals surface area contributed by atoms with E-state index in [4.69, 9.17) is 4.74 Å². The fraction of sp³-hybridized carbons (Fsp3) is 0.136. The molecular formula is C22H23BrNO4+. The Bertz CT molecular complexity index is 894. The average molecular weight is 445 g/mol. The van der Waals surface area contributed by atoms with Gasteiger partial charge in [-0.25, -0.2) is 4.79 Å². The van der Waals surface area contributed by atoms with Crippen molar-refractivity contribution < 1.29 is 24.4 Å². The van der Waals surface area contributed by atoms with Crippen LogP contribution in [-0.4, -0.2) is 23.8 Å². The van der Waals surface area contributed by atoms with Crippen molar-refractivity contribution in [2.45, 2.75) is 13.5 Å². The highest BCUT2D eigenvalue weighted by atomic mass is 79.9. The molecule has 0 unspecified atom stereocenters. The van der Waals surface area contributed by atoms with Crippen LogP contribution < -0.4 is 4.57 Å². The Labute approximate surface area is 174 Å². The lowest BCUT2D eigenvalue weighted by atomic mass is 10.0. The second kappa shape index (κ2) is 11.1. The second-order valence-corrected chi connectivity index (χ2v) is 5.85. The number of ketones is 1. The summed E-state index contributed by atoms with van der Waals surface area (Å²) >= 11 is 0. The molecule has 5 nitrogen and oxygen atoms in total. The zero-order valence-electron chi connectivity index (χ0n) is 15.5. The lowest BCUT2D eigenvalue weighted by Crippen LogP contribution is -2.37. The van der Waals surface area contributed by atoms with Crippen LogP contribution in [0.15, 0.2) is 79.1 Å². The Balaban J connectivity index is 0.00000196. The number of benzene rings is 2. The second-order valence-electron chi connectivity index (χ2n) is 5.85. The van der Waals surface area contributed by atoms with Crippen LogP contribution in [0.25, 0.3) is 11.1 Å². The summed E-state index contributed by atoms with van der Waals surface area (Å²) in [6.45, 7) is 2.32. The Morgan fingerprint density at radius 3 is 1.96 bits per heavy atom. The van der Waals surface area contributed by atoms with Gasteiger partial charge in [0, 0.05) is 17.7 Å². The third-order valence-electron chi connectivity index (χ3n) is 4.04. The van der Waals surface area contributed by atoms with Crippen molar-refractivity contribution in [1.29, 1.82) is 0 Å². The van der Waals surface area contributed by atoms with E-state index in [1.165, 1.54) is 0 Å². The first kappa shape index (κ1) is 23.2. The molecule has 0 aliphatic heterocycles. The highest BCUT2D eigenvalue weighted by Crippen LogP contribution is 2.19. The quantitative estimate of drug-likeness (QED) is 0.331. The van der Waals surface area contributed by atoms with Crippen molar-refractivity contribution in [3.63, 3.8) is 0 Å². The summed E-state index contributed by atoms with van der Waals surface area (Å²) < 4.78 is 6.70. The fourth-order valence-corrected chi connectivity index (χ4v) is 2.65. The summed E-state index contributed by atoms with van der Waals surface area (Å²) in [5.74, 6) is -0.346. The van der Waals surface area contributed by atoms with Gasteiger partial charge in [0.15, 0.2) is 12.4 Å². The molecule has 0 amide bonds. The number of carbonyl (C=O) groups is 2. The minimum absolute atomic E-state index is 0. The number of nitrogens with zero attached hydrogens (tertiary/aromatic N) is 1. The number of hydrogen-bond acceptors (Lipinski definition) is 3. The van der Waals surface area contributed by atoms with Gasteiger partial charge >= 0.3 is 5.97 Å². The number of halogens is 1. The normalized spacial score (nSPS) is 9.61. The van der Waals surface area contributed by atoms with Crippen LogP contribution in [0.3, 0.4) is 0 Å². The van der Waals surface area contributed by atoms with Gasteiger partial charge in [0.2, 0.25) is 12.3 Å². The summed E-state index contributed by atoms with van der Waals surface area (Å²) in [6, 6.07) is 21.0. The van der Waals surface area contributed by atoms with Gasteiger partial charge in [-0.05, 0) is 18.1 Å². The predicted octanol–water partition coefficient (Wildman–Crippen LogP) is 3.45. The van der Waals surface area contributed by atoms with Gasteiger partial charge in [0.1, 0.15) is 0 Å². The van der Waals surface area contributed by atoms with Crippen LogP contribution in [-0.2, 0) is 11.3 Å². The van der Waals surface area contributed by atoms with Crippen molar-refractivity contribution in [2.75, 3.05) is 6.61 Å². The van der Waals surface area contributed by atoms with Crippen LogP contribution >= 0.6 is 17.0 Å². The molecule has 0 saturated heterocycles. The minimum Gasteiger partial charge on any atom is -0.462 e. The third kappa shape index (κ3) is 5.84. The highest BCUT2D eigenvalue weighted by molar-refractivity contribution is 8.93. The van der Waals surface area contributed by atoms with Crippen LogP contribution in [0.4, 0.5) is 0 Å². The number of rotatable bonds is 6. The maximum Gasteiger partial charge on any atom is 0.338 e. The Kier molecular flexibility index (Phi) is 9.21. The molecule has 0 saturated carbocycles. The summed E-state index contributed by atoms with van der Waals surface area (Å²) in [4.78, 5) is 24.1. The Morgan fingerprint density at radius 2 is 1.39 bits per heavy atom. The molecule has 3 rings (SSSR count). The van der Waals surface area contributed by atoms with E-state index in [2.05, 4.69) is 0 Å². The summed E-state index contributed by atoms with van der Waals surface area (Å²) in [7, 11) is 0. The van der Waals surface area contributed by atoms with Crippen LogP contribution in [0.1, 0.15) is 27.6 Å². The van der Waals surface area contributed by atoms with E-state index < -0.39 is 0 Å². The maximum absolute atomic E-state index is 12.5. The molecule has 146 valence electrons. The number of ether oxygens (including phenoxy) is 1. The van der Waals surface area contributed by atoms with E-state index in [9.17, 15) is 9.59 Å². The number of carbonyl (C=O) groups excluding carboxylic acids is 2. The van der Waals surface area contributed by atoms with Gasteiger partial charge in [-0.15, -0.1) is 17.0 Å². The molecule has 0 aliphatic rings. The van der Waals surface area contributed by atoms with Crippen molar-refractivity contribution in [1.82, 2.24) is 0 Å². The predicted molar refractivity (Wildman–Crippen MR) is 113 cm³/mol. The Morgan fingerprint density at radius 1 is 0.821 bits per heavy atom. The Hall–Kier alpha value is -2.83. The molecule has 0 fully saturated rings. The number of hydrogen-bond donors (Lipinski definition) is 0. The number of esters is 1. The molecule has 0 bridgehead atoms. The lowest BCUT2D eigenvalue weighted by Gasteiger charge is -2.03. The lowest BCUT2D eigenvalue weighted by molar-refractivity contribution is -0.683. The number of pyridine rings is 1. The van der Waals surface area contributed by atoms with Crippen molar-refractivity contribution in [3.05, 3.63) is 90.3 Å². The van der Waals surface area contributed by atoms with E-state index in [0.29, 0.717) is 17.7 Å². The van der Waals surface area contributed by atoms with Gasteiger partial charge in [0.25, 0.3) is 0 Å². The molecule has 0 atom stereocenters. The zero-order chi connectivity index (χ0) is 18.4. The van der Waals surface area contributed by atoms with Gasteiger partial charge in [-0.1, -0.05) is 54.6 Å². The van der Waals surface area contributed by atoms with Crippen LogP contribution in [0.5, 0.6) is 0 Å². The van der Waals surface area contributed by atoms with Crippen molar-refractivity contribution >= 4 is 28.7 Å². The molecule has 2 N–H and O–H groups in total. The topological polar surface area (TPSA) is 78.8 Å². The van der Waals surface area contributed by atoms with Crippen LogP contribution in [0, 0.1) is 0 Å². The van der Waals surface area contributed by atoms with Crippen molar-refractivity contribution in [2.24, 2.45) is 0 Å². The highest BCUT2D eigenvalue weighted by Gasteiger charge is 2.14. The molecule has 6 heteroatoms. The van der Waals surface area contributed by atoms with Crippen LogP contribution in [0.2, 0.25) is 0 Å². The first-order valence-electron chi connectivity index (χ1n) is 8.52. The van der Waals surface area contributed by atoms with Gasteiger partial charge < -0.3 is 10.2 Å². The van der Waals surface area contributed by atoms with E-state index in [1.54, 1.807) is 36.0 Å². The van der Waals surface area contributed by atoms with E-state index >= 15 is 0 Å². The monoisotopic (exact) mass is 444 g/mol.